The predicted octanol–water partition coefficient (Wildman–Crippen LogP) is 4.64. The van der Waals surface area contributed by atoms with Crippen LogP contribution in [0.4, 0.5) is 0 Å². The van der Waals surface area contributed by atoms with E-state index < -0.39 is 0 Å². The Balaban J connectivity index is 2.14. The van der Waals surface area contributed by atoms with Crippen LogP contribution in [0.25, 0.3) is 0 Å². The maximum atomic E-state index is 6.30. The van der Waals surface area contributed by atoms with Crippen LogP contribution in [-0.2, 0) is 6.54 Å². The first-order chi connectivity index (χ1) is 10.1. The van der Waals surface area contributed by atoms with Crippen molar-refractivity contribution in [1.82, 2.24) is 5.32 Å². The Morgan fingerprint density at radius 1 is 1.05 bits per heavy atom. The quantitative estimate of drug-likeness (QED) is 0.843. The van der Waals surface area contributed by atoms with Crippen LogP contribution in [0.1, 0.15) is 19.4 Å². The smallest absolute Gasteiger partial charge is 0.169 e. The molecule has 0 heterocycles. The van der Waals surface area contributed by atoms with Crippen LogP contribution >= 0.6 is 11.6 Å². The van der Waals surface area contributed by atoms with Gasteiger partial charge in [0, 0.05) is 12.6 Å². The van der Waals surface area contributed by atoms with E-state index in [0.717, 1.165) is 12.1 Å². The van der Waals surface area contributed by atoms with E-state index in [1.165, 1.54) is 0 Å². The molecular formula is C17H20ClNO2. The molecule has 0 aliphatic carbocycles. The molecule has 0 unspecified atom stereocenters. The lowest BCUT2D eigenvalue weighted by Gasteiger charge is -2.13. The van der Waals surface area contributed by atoms with Gasteiger partial charge in [-0.05, 0) is 29.8 Å². The van der Waals surface area contributed by atoms with Gasteiger partial charge in [0.25, 0.3) is 0 Å². The summed E-state index contributed by atoms with van der Waals surface area (Å²) in [7, 11) is 1.62. The summed E-state index contributed by atoms with van der Waals surface area (Å²) in [6, 6.07) is 13.7. The highest BCUT2D eigenvalue weighted by Gasteiger charge is 2.08. The lowest BCUT2D eigenvalue weighted by Crippen LogP contribution is -2.21. The lowest BCUT2D eigenvalue weighted by atomic mass is 10.2. The second-order valence-electron chi connectivity index (χ2n) is 5.05. The molecule has 0 aliphatic rings. The highest BCUT2D eigenvalue weighted by Crippen LogP contribution is 2.35. The van der Waals surface area contributed by atoms with E-state index in [1.54, 1.807) is 7.11 Å². The van der Waals surface area contributed by atoms with E-state index in [4.69, 9.17) is 21.1 Å². The number of halogens is 1. The molecule has 0 radical (unpaired) electrons. The van der Waals surface area contributed by atoms with Crippen LogP contribution in [-0.4, -0.2) is 13.2 Å². The number of nitrogens with one attached hydrogen (secondary N) is 1. The van der Waals surface area contributed by atoms with E-state index >= 15 is 0 Å². The summed E-state index contributed by atoms with van der Waals surface area (Å²) in [6.07, 6.45) is 0. The molecular weight excluding hydrogens is 286 g/mol. The number of benzene rings is 2. The van der Waals surface area contributed by atoms with Crippen molar-refractivity contribution >= 4 is 11.6 Å². The van der Waals surface area contributed by atoms with Gasteiger partial charge in [0.2, 0.25) is 0 Å². The Labute approximate surface area is 130 Å². The van der Waals surface area contributed by atoms with Gasteiger partial charge in [0.15, 0.2) is 11.5 Å². The average Bonchev–Trinajstić information content (AvgIpc) is 2.48. The largest absolute Gasteiger partial charge is 0.493 e. The summed E-state index contributed by atoms with van der Waals surface area (Å²) < 4.78 is 11.1. The maximum Gasteiger partial charge on any atom is 0.169 e. The summed E-state index contributed by atoms with van der Waals surface area (Å²) in [5.74, 6) is 1.95. The molecule has 0 fully saturated rings. The van der Waals surface area contributed by atoms with Crippen molar-refractivity contribution in [3.8, 4) is 17.2 Å². The Morgan fingerprint density at radius 2 is 1.76 bits per heavy atom. The Bertz CT molecular complexity index is 599. The monoisotopic (exact) mass is 305 g/mol. The minimum absolute atomic E-state index is 0.438. The Hall–Kier alpha value is -1.71. The van der Waals surface area contributed by atoms with Crippen LogP contribution in [0.5, 0.6) is 17.2 Å². The maximum absolute atomic E-state index is 6.30. The fraction of sp³-hybridized carbons (Fsp3) is 0.294. The third kappa shape index (κ3) is 4.38. The molecule has 4 heteroatoms. The van der Waals surface area contributed by atoms with Gasteiger partial charge in [-0.2, -0.15) is 0 Å². The molecule has 0 bridgehead atoms. The van der Waals surface area contributed by atoms with E-state index in [1.807, 2.05) is 42.5 Å². The molecule has 21 heavy (non-hydrogen) atoms. The molecule has 1 N–H and O–H groups in total. The van der Waals surface area contributed by atoms with Crippen LogP contribution in [0.3, 0.4) is 0 Å². The molecule has 0 aromatic heterocycles. The summed E-state index contributed by atoms with van der Waals surface area (Å²) >= 11 is 6.30. The van der Waals surface area contributed by atoms with Gasteiger partial charge in [-0.3, -0.25) is 0 Å². The Kier molecular flexibility index (Phi) is 5.48. The number of rotatable bonds is 6. The van der Waals surface area contributed by atoms with Crippen molar-refractivity contribution in [3.63, 3.8) is 0 Å². The Morgan fingerprint density at radius 3 is 2.38 bits per heavy atom. The molecule has 2 aromatic rings. The standard InChI is InChI=1S/C17H20ClNO2/c1-12(2)19-11-13-8-9-15(14(18)10-13)21-17-7-5-4-6-16(17)20-3/h4-10,12,19H,11H2,1-3H3. The second-order valence-corrected chi connectivity index (χ2v) is 5.46. The third-order valence-electron chi connectivity index (χ3n) is 3.00. The van der Waals surface area contributed by atoms with Crippen LogP contribution < -0.4 is 14.8 Å². The van der Waals surface area contributed by atoms with Crippen molar-refractivity contribution in [2.75, 3.05) is 7.11 Å². The minimum atomic E-state index is 0.438. The molecule has 0 spiro atoms. The van der Waals surface area contributed by atoms with Crippen molar-refractivity contribution in [1.29, 1.82) is 0 Å². The molecule has 0 atom stereocenters. The molecule has 112 valence electrons. The predicted molar refractivity (Wildman–Crippen MR) is 86.5 cm³/mol. The fourth-order valence-electron chi connectivity index (χ4n) is 1.88. The van der Waals surface area contributed by atoms with Gasteiger partial charge in [0.05, 0.1) is 12.1 Å². The molecule has 0 saturated heterocycles. The number of ether oxygens (including phenoxy) is 2. The summed E-state index contributed by atoms with van der Waals surface area (Å²) in [5, 5.41) is 3.94. The van der Waals surface area contributed by atoms with Gasteiger partial charge >= 0.3 is 0 Å². The molecule has 0 saturated carbocycles. The first-order valence-corrected chi connectivity index (χ1v) is 7.30. The van der Waals surface area contributed by atoms with Gasteiger partial charge in [-0.1, -0.05) is 43.6 Å². The second kappa shape index (κ2) is 7.34. The van der Waals surface area contributed by atoms with Crippen molar-refractivity contribution in [2.24, 2.45) is 0 Å². The van der Waals surface area contributed by atoms with E-state index in [2.05, 4.69) is 19.2 Å². The summed E-state index contributed by atoms with van der Waals surface area (Å²) in [5.41, 5.74) is 1.13. The highest BCUT2D eigenvalue weighted by atomic mass is 35.5. The van der Waals surface area contributed by atoms with Crippen molar-refractivity contribution in [2.45, 2.75) is 26.4 Å². The van der Waals surface area contributed by atoms with Crippen molar-refractivity contribution in [3.05, 3.63) is 53.1 Å². The SMILES string of the molecule is COc1ccccc1Oc1ccc(CNC(C)C)cc1Cl. The summed E-state index contributed by atoms with van der Waals surface area (Å²) in [6.45, 7) is 5.01. The van der Waals surface area contributed by atoms with Crippen LogP contribution in [0.15, 0.2) is 42.5 Å². The normalized spacial score (nSPS) is 10.7. The number of hydrogen-bond acceptors (Lipinski definition) is 3. The van der Waals surface area contributed by atoms with Crippen molar-refractivity contribution < 1.29 is 9.47 Å². The van der Waals surface area contributed by atoms with Gasteiger partial charge in [-0.25, -0.2) is 0 Å². The zero-order valence-corrected chi connectivity index (χ0v) is 13.3. The van der Waals surface area contributed by atoms with Gasteiger partial charge in [-0.15, -0.1) is 0 Å². The zero-order valence-electron chi connectivity index (χ0n) is 12.5. The molecule has 3 nitrogen and oxygen atoms in total. The van der Waals surface area contributed by atoms with Gasteiger partial charge in [0.1, 0.15) is 5.75 Å². The lowest BCUT2D eigenvalue weighted by molar-refractivity contribution is 0.379. The first kappa shape index (κ1) is 15.7. The third-order valence-corrected chi connectivity index (χ3v) is 3.30. The van der Waals surface area contributed by atoms with E-state index in [0.29, 0.717) is 28.3 Å². The highest BCUT2D eigenvalue weighted by molar-refractivity contribution is 6.32. The van der Waals surface area contributed by atoms with Gasteiger partial charge < -0.3 is 14.8 Å². The minimum Gasteiger partial charge on any atom is -0.493 e. The molecule has 2 aromatic carbocycles. The van der Waals surface area contributed by atoms with E-state index in [9.17, 15) is 0 Å². The first-order valence-electron chi connectivity index (χ1n) is 6.93. The molecule has 0 aliphatic heterocycles. The van der Waals surface area contributed by atoms with Crippen LogP contribution in [0, 0.1) is 0 Å². The number of methoxy groups -OCH3 is 1. The molecule has 2 rings (SSSR count). The van der Waals surface area contributed by atoms with Crippen LogP contribution in [0.2, 0.25) is 5.02 Å². The fourth-order valence-corrected chi connectivity index (χ4v) is 2.12. The summed E-state index contributed by atoms with van der Waals surface area (Å²) in [4.78, 5) is 0. The topological polar surface area (TPSA) is 30.5 Å². The average molecular weight is 306 g/mol. The zero-order chi connectivity index (χ0) is 15.2. The molecule has 0 amide bonds. The number of hydrogen-bond donors (Lipinski definition) is 1. The number of para-hydroxylation sites is 2. The van der Waals surface area contributed by atoms with E-state index in [-0.39, 0.29) is 0 Å².